The summed E-state index contributed by atoms with van der Waals surface area (Å²) in [4.78, 5) is 10.4. The Morgan fingerprint density at radius 1 is 1.20 bits per heavy atom. The molecule has 1 amide bonds. The number of nitrogens with zero attached hydrogens (tertiary/aromatic N) is 2. The number of hydrogen-bond donors (Lipinski definition) is 1. The molecule has 2 N–H and O–H groups in total. The number of pyridine rings is 1. The van der Waals surface area contributed by atoms with Crippen molar-refractivity contribution in [3.8, 4) is 0 Å². The topological polar surface area (TPSA) is 77.5 Å². The molecular weight excluding hydrogens is 130 g/mol. The van der Waals surface area contributed by atoms with Gasteiger partial charge in [-0.05, 0) is 12.1 Å². The maximum Gasteiger partial charge on any atom is 0.493 e. The normalized spacial score (nSPS) is 8.00. The van der Waals surface area contributed by atoms with Crippen molar-refractivity contribution in [2.75, 3.05) is 0 Å². The first-order valence-electron chi connectivity index (χ1n) is 2.57. The summed E-state index contributed by atoms with van der Waals surface area (Å²) >= 11 is 0. The Balaban J connectivity index is 0.000000810. The van der Waals surface area contributed by atoms with Crippen molar-refractivity contribution >= 4 is 6.03 Å². The van der Waals surface area contributed by atoms with Crippen LogP contribution in [0.4, 0.5) is 4.79 Å². The van der Waals surface area contributed by atoms with E-state index >= 15 is 0 Å². The van der Waals surface area contributed by atoms with Crippen molar-refractivity contribution in [2.24, 2.45) is 5.73 Å². The molecule has 0 aliphatic heterocycles. The van der Waals surface area contributed by atoms with Gasteiger partial charge in [-0.25, -0.2) is 0 Å². The van der Waals surface area contributed by atoms with Crippen LogP contribution in [0.25, 0.3) is 0 Å². The zero-order valence-electron chi connectivity index (χ0n) is 5.27. The van der Waals surface area contributed by atoms with E-state index < -0.39 is 6.03 Å². The Morgan fingerprint density at radius 2 is 1.70 bits per heavy atom. The smallest absolute Gasteiger partial charge is 0.250 e. The van der Waals surface area contributed by atoms with E-state index in [1.165, 1.54) is 4.57 Å². The number of nitrogens with two attached hydrogens (primary N) is 1. The fourth-order valence-electron chi connectivity index (χ4n) is 0.546. The van der Waals surface area contributed by atoms with E-state index in [9.17, 15) is 4.79 Å². The first-order chi connectivity index (χ1) is 4.30. The fourth-order valence-corrected chi connectivity index (χ4v) is 0.546. The van der Waals surface area contributed by atoms with E-state index in [-0.39, 0.29) is 6.15 Å². The number of carbonyl (C=O) groups excluding carboxylic acids is 1. The summed E-state index contributed by atoms with van der Waals surface area (Å²) in [6.45, 7) is 0. The number of amides is 1. The van der Waals surface area contributed by atoms with Gasteiger partial charge in [-0.2, -0.15) is 9.36 Å². The largest absolute Gasteiger partial charge is 0.493 e. The van der Waals surface area contributed by atoms with Gasteiger partial charge in [0.1, 0.15) is 0 Å². The third-order valence-corrected chi connectivity index (χ3v) is 0.970. The lowest BCUT2D eigenvalue weighted by atomic mass is 10.5. The molecule has 1 aromatic rings. The van der Waals surface area contributed by atoms with E-state index in [1.54, 1.807) is 24.5 Å². The summed E-state index contributed by atoms with van der Waals surface area (Å²) < 4.78 is 1.31. The summed E-state index contributed by atoms with van der Waals surface area (Å²) in [7, 11) is 0. The molecule has 1 aromatic heterocycles. The number of primary amides is 1. The van der Waals surface area contributed by atoms with Gasteiger partial charge in [-0.1, -0.05) is 6.07 Å². The molecule has 0 aromatic carbocycles. The average Bonchev–Trinajstić information content (AvgIpc) is 1.90. The highest BCUT2D eigenvalue weighted by atomic mass is 16.2. The van der Waals surface area contributed by atoms with Gasteiger partial charge >= 0.3 is 6.03 Å². The Morgan fingerprint density at radius 3 is 2.00 bits per heavy atom. The van der Waals surface area contributed by atoms with E-state index in [0.29, 0.717) is 0 Å². The minimum Gasteiger partial charge on any atom is -0.250 e. The van der Waals surface area contributed by atoms with Crippen molar-refractivity contribution in [3.63, 3.8) is 0 Å². The molecule has 0 saturated carbocycles. The third kappa shape index (κ3) is 1.83. The summed E-state index contributed by atoms with van der Waals surface area (Å²) in [5.74, 6) is 0. The van der Waals surface area contributed by atoms with Gasteiger partial charge in [-0.15, -0.1) is 0 Å². The van der Waals surface area contributed by atoms with Crippen LogP contribution in [0, 0.1) is 0 Å². The van der Waals surface area contributed by atoms with E-state index in [2.05, 4.69) is 0 Å². The van der Waals surface area contributed by atoms with Crippen LogP contribution in [0.5, 0.6) is 0 Å². The summed E-state index contributed by atoms with van der Waals surface area (Å²) in [6.07, 6.45) is 3.20. The molecule has 0 bridgehead atoms. The van der Waals surface area contributed by atoms with Gasteiger partial charge < -0.3 is 0 Å². The van der Waals surface area contributed by atoms with Gasteiger partial charge in [0.05, 0.1) is 12.4 Å². The molecule has 0 saturated heterocycles. The molecule has 1 heterocycles. The van der Waals surface area contributed by atoms with Crippen LogP contribution in [0.2, 0.25) is 0 Å². The molecule has 10 heavy (non-hydrogen) atoms. The Hall–Kier alpha value is -1.42. The van der Waals surface area contributed by atoms with E-state index in [0.717, 1.165) is 0 Å². The number of carbonyl (C=O) groups is 1. The van der Waals surface area contributed by atoms with Crippen molar-refractivity contribution < 1.29 is 9.36 Å². The Bertz CT molecular complexity index is 209. The fraction of sp³-hybridized carbons (Fsp3) is 0. The second kappa shape index (κ2) is 3.58. The molecule has 0 aliphatic carbocycles. The van der Waals surface area contributed by atoms with E-state index in [4.69, 9.17) is 5.73 Å². The first kappa shape index (κ1) is 8.58. The van der Waals surface area contributed by atoms with Crippen molar-refractivity contribution in [1.82, 2.24) is 6.15 Å². The lowest BCUT2D eigenvalue weighted by Gasteiger charge is -1.86. The summed E-state index contributed by atoms with van der Waals surface area (Å²) in [5, 5.41) is 0. The second-order valence-corrected chi connectivity index (χ2v) is 1.62. The average molecular weight is 137 g/mol. The van der Waals surface area contributed by atoms with Crippen LogP contribution in [0.3, 0.4) is 0 Å². The molecule has 0 unspecified atom stereocenters. The summed E-state index contributed by atoms with van der Waals surface area (Å²) in [6, 6.07) is 4.84. The maximum absolute atomic E-state index is 10.4. The van der Waals surface area contributed by atoms with E-state index in [1.807, 2.05) is 6.07 Å². The molecule has 0 spiro atoms. The van der Waals surface area contributed by atoms with Gasteiger partial charge in [0, 0.05) is 6.15 Å². The highest BCUT2D eigenvalue weighted by Gasteiger charge is 2.00. The van der Waals surface area contributed by atoms with Crippen molar-refractivity contribution in [2.45, 2.75) is 0 Å². The monoisotopic (exact) mass is 137 g/mol. The Labute approximate surface area is 58.9 Å². The minimum atomic E-state index is -0.462. The predicted octanol–water partition coefficient (Wildman–Crippen LogP) is -0.580. The highest BCUT2D eigenvalue weighted by Crippen LogP contribution is 1.74. The van der Waals surface area contributed by atoms with Crippen LogP contribution < -0.4 is 16.5 Å². The third-order valence-electron chi connectivity index (χ3n) is 0.970. The van der Waals surface area contributed by atoms with Crippen LogP contribution in [0.1, 0.15) is 0 Å². The molecule has 0 aliphatic rings. The zero-order chi connectivity index (χ0) is 6.69. The number of aromatic nitrogens is 1. The first-order valence-corrected chi connectivity index (χ1v) is 2.57. The minimum absolute atomic E-state index is 0. The predicted molar refractivity (Wildman–Crippen MR) is 33.8 cm³/mol. The molecule has 4 nitrogen and oxygen atoms in total. The molecular formula is C6H7N3O+. The standard InChI is InChI=1S/C6H6N2O.N/c7-6(9)8-4-2-1-3-5-8;/h1-5H,(H-,7,9);/p+1. The number of rotatable bonds is 0. The molecule has 0 atom stereocenters. The quantitative estimate of drug-likeness (QED) is 0.477. The number of hydrogen-bond acceptors (Lipinski definition) is 1. The SMILES string of the molecule is NC(=O)[n+]1ccccc1.[N]. The zero-order valence-corrected chi connectivity index (χ0v) is 5.27. The van der Waals surface area contributed by atoms with Gasteiger partial charge in [-0.3, -0.25) is 5.73 Å². The molecule has 4 heteroatoms. The van der Waals surface area contributed by atoms with Gasteiger partial charge in [0.25, 0.3) is 0 Å². The second-order valence-electron chi connectivity index (χ2n) is 1.62. The van der Waals surface area contributed by atoms with Gasteiger partial charge in [0.15, 0.2) is 0 Å². The van der Waals surface area contributed by atoms with Gasteiger partial charge in [0.2, 0.25) is 0 Å². The van der Waals surface area contributed by atoms with Crippen LogP contribution in [-0.4, -0.2) is 6.03 Å². The van der Waals surface area contributed by atoms with Crippen molar-refractivity contribution in [1.29, 1.82) is 0 Å². The summed E-state index contributed by atoms with van der Waals surface area (Å²) in [5.41, 5.74) is 4.94. The van der Waals surface area contributed by atoms with Crippen LogP contribution in [0.15, 0.2) is 30.6 Å². The maximum atomic E-state index is 10.4. The highest BCUT2D eigenvalue weighted by molar-refractivity contribution is 5.61. The van der Waals surface area contributed by atoms with Crippen LogP contribution >= 0.6 is 0 Å². The molecule has 3 radical (unpaired) electrons. The molecule has 0 fully saturated rings. The van der Waals surface area contributed by atoms with Crippen LogP contribution in [-0.2, 0) is 0 Å². The molecule has 51 valence electrons. The molecule has 1 rings (SSSR count). The lowest BCUT2D eigenvalue weighted by Crippen LogP contribution is -2.46. The van der Waals surface area contributed by atoms with Crippen molar-refractivity contribution in [3.05, 3.63) is 30.6 Å². The lowest BCUT2D eigenvalue weighted by molar-refractivity contribution is -0.569. The Kier molecular flexibility index (Phi) is 3.07.